The molecule has 0 spiro atoms. The van der Waals surface area contributed by atoms with E-state index in [2.05, 4.69) is 21.4 Å². The number of halogens is 4. The summed E-state index contributed by atoms with van der Waals surface area (Å²) in [5.74, 6) is 3.32. The van der Waals surface area contributed by atoms with Crippen LogP contribution in [0.1, 0.15) is 17.2 Å². The van der Waals surface area contributed by atoms with Crippen LogP contribution in [0.5, 0.6) is 0 Å². The molecule has 1 atom stereocenters. The molecule has 0 bridgehead atoms. The average Bonchev–Trinajstić information content (AvgIpc) is 2.41. The zero-order valence-corrected chi connectivity index (χ0v) is 11.9. The Morgan fingerprint density at radius 2 is 1.80 bits per heavy atom. The van der Waals surface area contributed by atoms with Crippen LogP contribution in [0.4, 0.5) is 13.2 Å². The Labute approximate surface area is 122 Å². The van der Waals surface area contributed by atoms with Crippen molar-refractivity contribution in [2.24, 2.45) is 5.84 Å². The summed E-state index contributed by atoms with van der Waals surface area (Å²) in [6.45, 7) is 0. The Bertz CT molecular complexity index is 619. The molecule has 0 aromatic heterocycles. The molecule has 2 aromatic carbocycles. The predicted octanol–water partition coefficient (Wildman–Crippen LogP) is 3.61. The lowest BCUT2D eigenvalue weighted by Crippen LogP contribution is -2.30. The zero-order valence-electron chi connectivity index (χ0n) is 10.3. The normalized spacial score (nSPS) is 12.4. The first kappa shape index (κ1) is 15.0. The summed E-state index contributed by atoms with van der Waals surface area (Å²) in [7, 11) is 0. The molecule has 0 saturated carbocycles. The molecule has 2 rings (SSSR count). The van der Waals surface area contributed by atoms with Crippen LogP contribution in [0.15, 0.2) is 40.9 Å². The summed E-state index contributed by atoms with van der Waals surface area (Å²) in [6.07, 6.45) is 0.345. The van der Waals surface area contributed by atoms with E-state index in [4.69, 9.17) is 5.84 Å². The molecular weight excluding hydrogens is 333 g/mol. The monoisotopic (exact) mass is 344 g/mol. The van der Waals surface area contributed by atoms with Crippen molar-refractivity contribution >= 4 is 15.9 Å². The molecule has 106 valence electrons. The number of benzene rings is 2. The third kappa shape index (κ3) is 3.39. The lowest BCUT2D eigenvalue weighted by Gasteiger charge is -2.18. The van der Waals surface area contributed by atoms with Crippen molar-refractivity contribution in [3.05, 3.63) is 69.4 Å². The van der Waals surface area contributed by atoms with Crippen molar-refractivity contribution in [1.82, 2.24) is 5.43 Å². The van der Waals surface area contributed by atoms with Crippen LogP contribution in [0.3, 0.4) is 0 Å². The highest BCUT2D eigenvalue weighted by Gasteiger charge is 2.15. The van der Waals surface area contributed by atoms with Gasteiger partial charge in [0.15, 0.2) is 11.6 Å². The van der Waals surface area contributed by atoms with Gasteiger partial charge in [0.05, 0.1) is 6.04 Å². The molecular formula is C14H12BrF3N2. The van der Waals surface area contributed by atoms with Crippen LogP contribution in [0, 0.1) is 17.5 Å². The molecule has 20 heavy (non-hydrogen) atoms. The Kier molecular flexibility index (Phi) is 4.80. The molecule has 1 unspecified atom stereocenters. The van der Waals surface area contributed by atoms with Crippen LogP contribution < -0.4 is 11.3 Å². The summed E-state index contributed by atoms with van der Waals surface area (Å²) in [6, 6.07) is 7.55. The quantitative estimate of drug-likeness (QED) is 0.656. The molecule has 0 aliphatic heterocycles. The Morgan fingerprint density at radius 1 is 1.05 bits per heavy atom. The summed E-state index contributed by atoms with van der Waals surface area (Å²) in [4.78, 5) is 0. The lowest BCUT2D eigenvalue weighted by molar-refractivity contribution is 0.502. The van der Waals surface area contributed by atoms with E-state index < -0.39 is 11.6 Å². The SMILES string of the molecule is NNC(Cc1ccc(F)c(F)c1)c1ccc(F)cc1Br. The van der Waals surface area contributed by atoms with Crippen molar-refractivity contribution in [1.29, 1.82) is 0 Å². The van der Waals surface area contributed by atoms with E-state index in [9.17, 15) is 13.2 Å². The van der Waals surface area contributed by atoms with Crippen molar-refractivity contribution in [2.75, 3.05) is 0 Å². The number of rotatable bonds is 4. The lowest BCUT2D eigenvalue weighted by atomic mass is 9.99. The van der Waals surface area contributed by atoms with Gasteiger partial charge in [-0.3, -0.25) is 11.3 Å². The molecule has 0 saturated heterocycles. The Hall–Kier alpha value is -1.37. The number of nitrogens with two attached hydrogens (primary N) is 1. The van der Waals surface area contributed by atoms with Crippen LogP contribution in [0.25, 0.3) is 0 Å². The first-order chi connectivity index (χ1) is 9.51. The predicted molar refractivity (Wildman–Crippen MR) is 74.2 cm³/mol. The minimum atomic E-state index is -0.906. The van der Waals surface area contributed by atoms with Crippen molar-refractivity contribution in [2.45, 2.75) is 12.5 Å². The van der Waals surface area contributed by atoms with Gasteiger partial charge in [-0.15, -0.1) is 0 Å². The highest BCUT2D eigenvalue weighted by atomic mass is 79.9. The first-order valence-corrected chi connectivity index (χ1v) is 6.65. The van der Waals surface area contributed by atoms with Crippen molar-refractivity contribution < 1.29 is 13.2 Å². The van der Waals surface area contributed by atoms with Crippen LogP contribution in [0.2, 0.25) is 0 Å². The molecule has 0 radical (unpaired) electrons. The van der Waals surface area contributed by atoms with Crippen LogP contribution in [-0.4, -0.2) is 0 Å². The maximum absolute atomic E-state index is 13.2. The summed E-state index contributed by atoms with van der Waals surface area (Å²) in [5, 5.41) is 0. The third-order valence-electron chi connectivity index (χ3n) is 2.96. The smallest absolute Gasteiger partial charge is 0.159 e. The van der Waals surface area contributed by atoms with Crippen LogP contribution in [-0.2, 0) is 6.42 Å². The highest BCUT2D eigenvalue weighted by Crippen LogP contribution is 2.27. The summed E-state index contributed by atoms with van der Waals surface area (Å²) < 4.78 is 39.7. The second kappa shape index (κ2) is 6.39. The van der Waals surface area contributed by atoms with E-state index in [0.717, 1.165) is 17.7 Å². The van der Waals surface area contributed by atoms with Gasteiger partial charge in [-0.1, -0.05) is 28.1 Å². The second-order valence-electron chi connectivity index (χ2n) is 4.34. The van der Waals surface area contributed by atoms with Gasteiger partial charge in [0.1, 0.15) is 5.82 Å². The molecule has 0 aliphatic rings. The topological polar surface area (TPSA) is 38.0 Å². The molecule has 0 fully saturated rings. The molecule has 3 N–H and O–H groups in total. The average molecular weight is 345 g/mol. The van der Waals surface area contributed by atoms with E-state index in [1.807, 2.05) is 0 Å². The fourth-order valence-electron chi connectivity index (χ4n) is 1.95. The molecule has 6 heteroatoms. The number of nitrogens with one attached hydrogen (secondary N) is 1. The maximum Gasteiger partial charge on any atom is 0.159 e. The van der Waals surface area contributed by atoms with Gasteiger partial charge in [0.25, 0.3) is 0 Å². The minimum absolute atomic E-state index is 0.345. The van der Waals surface area contributed by atoms with E-state index in [-0.39, 0.29) is 11.9 Å². The third-order valence-corrected chi connectivity index (χ3v) is 3.65. The number of hydrogen-bond donors (Lipinski definition) is 2. The first-order valence-electron chi connectivity index (χ1n) is 5.86. The van der Waals surface area contributed by atoms with E-state index in [1.54, 1.807) is 6.07 Å². The largest absolute Gasteiger partial charge is 0.271 e. The molecule has 2 nitrogen and oxygen atoms in total. The fourth-order valence-corrected chi connectivity index (χ4v) is 2.57. The second-order valence-corrected chi connectivity index (χ2v) is 5.19. The highest BCUT2D eigenvalue weighted by molar-refractivity contribution is 9.10. The molecule has 0 heterocycles. The standard InChI is InChI=1S/C14H12BrF3N2/c15-11-7-9(16)2-3-10(11)14(20-19)6-8-1-4-12(17)13(18)5-8/h1-5,7,14,20H,6,19H2. The number of hydrazine groups is 1. The van der Waals surface area contributed by atoms with E-state index >= 15 is 0 Å². The van der Waals surface area contributed by atoms with Gasteiger partial charge in [-0.25, -0.2) is 13.2 Å². The molecule has 0 amide bonds. The van der Waals surface area contributed by atoms with Gasteiger partial charge in [0, 0.05) is 4.47 Å². The summed E-state index contributed by atoms with van der Waals surface area (Å²) in [5.41, 5.74) is 3.91. The fraction of sp³-hybridized carbons (Fsp3) is 0.143. The van der Waals surface area contributed by atoms with Gasteiger partial charge in [-0.2, -0.15) is 0 Å². The molecule has 2 aromatic rings. The number of hydrogen-bond acceptors (Lipinski definition) is 2. The van der Waals surface area contributed by atoms with Crippen molar-refractivity contribution in [3.8, 4) is 0 Å². The zero-order chi connectivity index (χ0) is 14.7. The van der Waals surface area contributed by atoms with Gasteiger partial charge < -0.3 is 0 Å². The van der Waals surface area contributed by atoms with Gasteiger partial charge in [0.2, 0.25) is 0 Å². The van der Waals surface area contributed by atoms with Gasteiger partial charge >= 0.3 is 0 Å². The Balaban J connectivity index is 2.26. The van der Waals surface area contributed by atoms with Crippen LogP contribution >= 0.6 is 15.9 Å². The van der Waals surface area contributed by atoms with E-state index in [0.29, 0.717) is 16.5 Å². The van der Waals surface area contributed by atoms with Crippen molar-refractivity contribution in [3.63, 3.8) is 0 Å². The van der Waals surface area contributed by atoms with E-state index in [1.165, 1.54) is 18.2 Å². The van der Waals surface area contributed by atoms with Gasteiger partial charge in [-0.05, 0) is 41.8 Å². The maximum atomic E-state index is 13.2. The Morgan fingerprint density at radius 3 is 2.40 bits per heavy atom. The summed E-state index contributed by atoms with van der Waals surface area (Å²) >= 11 is 3.26. The molecule has 0 aliphatic carbocycles. The minimum Gasteiger partial charge on any atom is -0.271 e.